The molecule has 0 aromatic heterocycles. The summed E-state index contributed by atoms with van der Waals surface area (Å²) in [5.74, 6) is 2.40. The Bertz CT molecular complexity index is 492. The van der Waals surface area contributed by atoms with Gasteiger partial charge in [-0.05, 0) is 18.8 Å². The van der Waals surface area contributed by atoms with E-state index in [1.54, 1.807) is 22.3 Å². The van der Waals surface area contributed by atoms with E-state index in [-0.39, 0.29) is 32.7 Å². The smallest absolute Gasteiger partial charge is 0 e. The minimum absolute atomic E-state index is 0. The third-order valence-electron chi connectivity index (χ3n) is 4.48. The first kappa shape index (κ1) is 12.9. The van der Waals surface area contributed by atoms with Gasteiger partial charge in [0.1, 0.15) is 0 Å². The molecule has 4 rings (SSSR count). The van der Waals surface area contributed by atoms with Crippen LogP contribution in [0, 0.1) is 18.3 Å². The van der Waals surface area contributed by atoms with Crippen LogP contribution in [0.5, 0.6) is 0 Å². The second-order valence-corrected chi connectivity index (χ2v) is 5.96. The molecule has 1 radical (unpaired) electrons. The molecule has 3 aliphatic carbocycles. The number of fused-ring (bicyclic) bond motifs is 1. The monoisotopic (exact) mass is 312 g/mol. The third kappa shape index (κ3) is 2.12. The van der Waals surface area contributed by atoms with Gasteiger partial charge in [-0.25, -0.2) is 12.0 Å². The summed E-state index contributed by atoms with van der Waals surface area (Å²) in [6, 6.07) is 9.08. The minimum Gasteiger partial charge on any atom is -0.220 e. The van der Waals surface area contributed by atoms with Crippen LogP contribution in [0.3, 0.4) is 0 Å². The van der Waals surface area contributed by atoms with Crippen LogP contribution in [0.25, 0.3) is 5.57 Å². The topological polar surface area (TPSA) is 0 Å². The molecule has 1 unspecified atom stereocenters. The molecule has 0 spiro atoms. The second kappa shape index (κ2) is 4.80. The first-order valence-electron chi connectivity index (χ1n) is 7.03. The van der Waals surface area contributed by atoms with Gasteiger partial charge in [0.25, 0.3) is 0 Å². The van der Waals surface area contributed by atoms with E-state index in [1.807, 2.05) is 0 Å². The Labute approximate surface area is 135 Å². The number of hydrogen-bond donors (Lipinski definition) is 0. The van der Waals surface area contributed by atoms with E-state index in [4.69, 9.17) is 0 Å². The second-order valence-electron chi connectivity index (χ2n) is 5.96. The predicted octanol–water partition coefficient (Wildman–Crippen LogP) is 4.58. The molecule has 18 heavy (non-hydrogen) atoms. The third-order valence-corrected chi connectivity index (χ3v) is 4.48. The van der Waals surface area contributed by atoms with Gasteiger partial charge >= 0.3 is 0 Å². The summed E-state index contributed by atoms with van der Waals surface area (Å²) in [5, 5.41) is 0. The molecule has 0 saturated heterocycles. The zero-order valence-corrected chi connectivity index (χ0v) is 13.9. The van der Waals surface area contributed by atoms with E-state index in [9.17, 15) is 0 Å². The molecule has 0 aliphatic heterocycles. The van der Waals surface area contributed by atoms with Crippen molar-refractivity contribution in [1.29, 1.82) is 0 Å². The Balaban J connectivity index is 0.000001000. The molecule has 0 heterocycles. The molecular weight excluding hydrogens is 293 g/mol. The first-order valence-corrected chi connectivity index (χ1v) is 7.03. The largest absolute Gasteiger partial charge is 0.220 e. The van der Waals surface area contributed by atoms with Crippen molar-refractivity contribution < 1.29 is 32.7 Å². The van der Waals surface area contributed by atoms with E-state index in [2.05, 4.69) is 37.6 Å². The maximum atomic E-state index is 2.56. The number of allylic oxidation sites excluding steroid dienone is 2. The molecule has 0 amide bonds. The SMILES string of the molecule is CC1[CH-]C(C2CC2)=C(C2CC2)c2ccccc21.[Y]. The van der Waals surface area contributed by atoms with Crippen LogP contribution >= 0.6 is 0 Å². The van der Waals surface area contributed by atoms with Gasteiger partial charge < -0.3 is 0 Å². The van der Waals surface area contributed by atoms with Gasteiger partial charge in [0, 0.05) is 32.7 Å². The Morgan fingerprint density at radius 2 is 1.67 bits per heavy atom. The van der Waals surface area contributed by atoms with Crippen LogP contribution in [0.2, 0.25) is 0 Å². The molecule has 2 saturated carbocycles. The molecule has 0 N–H and O–H groups in total. The van der Waals surface area contributed by atoms with E-state index in [0.717, 1.165) is 11.8 Å². The van der Waals surface area contributed by atoms with Crippen LogP contribution < -0.4 is 0 Å². The summed E-state index contributed by atoms with van der Waals surface area (Å²) in [6.45, 7) is 2.35. The van der Waals surface area contributed by atoms with Gasteiger partial charge in [0.05, 0.1) is 0 Å². The van der Waals surface area contributed by atoms with Gasteiger partial charge in [0.2, 0.25) is 0 Å². The summed E-state index contributed by atoms with van der Waals surface area (Å²) >= 11 is 0. The van der Waals surface area contributed by atoms with Crippen molar-refractivity contribution in [3.8, 4) is 0 Å². The van der Waals surface area contributed by atoms with Gasteiger partial charge in [-0.2, -0.15) is 5.57 Å². The standard InChI is InChI=1S/C17H19.Y/c1-11-10-16(12-6-7-12)17(13-8-9-13)15-5-3-2-4-14(11)15;/h2-5,10-13H,6-9H2,1H3;/q-1;. The van der Waals surface area contributed by atoms with Crippen molar-refractivity contribution in [3.05, 3.63) is 47.4 Å². The maximum Gasteiger partial charge on any atom is 0 e. The number of rotatable bonds is 2. The molecular formula is C17H19Y-. The average Bonchev–Trinajstić information content (AvgIpc) is 3.20. The number of benzene rings is 1. The molecule has 1 aromatic carbocycles. The zero-order valence-electron chi connectivity index (χ0n) is 11.0. The van der Waals surface area contributed by atoms with Crippen LogP contribution in [0.4, 0.5) is 0 Å². The van der Waals surface area contributed by atoms with E-state index >= 15 is 0 Å². The molecule has 1 aromatic rings. The van der Waals surface area contributed by atoms with Gasteiger partial charge in [-0.1, -0.05) is 61.4 Å². The molecule has 0 nitrogen and oxygen atoms in total. The Kier molecular flexibility index (Phi) is 3.45. The van der Waals surface area contributed by atoms with Crippen LogP contribution in [0.1, 0.15) is 49.7 Å². The zero-order chi connectivity index (χ0) is 11.4. The van der Waals surface area contributed by atoms with E-state index in [1.165, 1.54) is 25.7 Å². The summed E-state index contributed by atoms with van der Waals surface area (Å²) in [4.78, 5) is 0. The fourth-order valence-corrected chi connectivity index (χ4v) is 3.32. The molecule has 3 aliphatic rings. The predicted molar refractivity (Wildman–Crippen MR) is 71.5 cm³/mol. The molecule has 2 fully saturated rings. The Morgan fingerprint density at radius 1 is 1.00 bits per heavy atom. The van der Waals surface area contributed by atoms with E-state index in [0.29, 0.717) is 5.92 Å². The van der Waals surface area contributed by atoms with Crippen molar-refractivity contribution in [3.63, 3.8) is 0 Å². The first-order chi connectivity index (χ1) is 8.34. The van der Waals surface area contributed by atoms with Crippen molar-refractivity contribution in [2.75, 3.05) is 0 Å². The molecule has 1 heteroatoms. The fraction of sp³-hybridized carbons (Fsp3) is 0.471. The van der Waals surface area contributed by atoms with Crippen LogP contribution in [-0.2, 0) is 32.7 Å². The normalized spacial score (nSPS) is 26.2. The van der Waals surface area contributed by atoms with Gasteiger partial charge in [0.15, 0.2) is 0 Å². The maximum absolute atomic E-state index is 2.56. The number of hydrogen-bond acceptors (Lipinski definition) is 0. The van der Waals surface area contributed by atoms with Gasteiger partial charge in [-0.3, -0.25) is 0 Å². The molecule has 0 bridgehead atoms. The Hall–Kier alpha value is -0.0661. The Morgan fingerprint density at radius 3 is 2.33 bits per heavy atom. The summed E-state index contributed by atoms with van der Waals surface area (Å²) < 4.78 is 0. The molecule has 91 valence electrons. The van der Waals surface area contributed by atoms with Crippen LogP contribution in [0.15, 0.2) is 29.8 Å². The average molecular weight is 312 g/mol. The van der Waals surface area contributed by atoms with Gasteiger partial charge in [-0.15, -0.1) is 5.56 Å². The van der Waals surface area contributed by atoms with Crippen molar-refractivity contribution >= 4 is 5.57 Å². The molecule has 1 atom stereocenters. The van der Waals surface area contributed by atoms with Crippen LogP contribution in [-0.4, -0.2) is 0 Å². The minimum atomic E-state index is 0. The fourth-order valence-electron chi connectivity index (χ4n) is 3.32. The summed E-state index contributed by atoms with van der Waals surface area (Å²) in [6.07, 6.45) is 8.26. The van der Waals surface area contributed by atoms with Crippen molar-refractivity contribution in [2.45, 2.75) is 38.5 Å². The summed E-state index contributed by atoms with van der Waals surface area (Å²) in [7, 11) is 0. The van der Waals surface area contributed by atoms with Crippen molar-refractivity contribution in [2.24, 2.45) is 11.8 Å². The summed E-state index contributed by atoms with van der Waals surface area (Å²) in [5.41, 5.74) is 6.57. The van der Waals surface area contributed by atoms with E-state index < -0.39 is 0 Å². The van der Waals surface area contributed by atoms with Crippen molar-refractivity contribution in [1.82, 2.24) is 0 Å². The quantitative estimate of drug-likeness (QED) is 0.701.